The number of hydrogen-bond acceptors (Lipinski definition) is 3. The Morgan fingerprint density at radius 3 is 1.98 bits per heavy atom. The number of hydrogen-bond donors (Lipinski definition) is 2. The van der Waals surface area contributed by atoms with Crippen LogP contribution < -0.4 is 5.32 Å². The van der Waals surface area contributed by atoms with Crippen LogP contribution >= 0.6 is 0 Å². The summed E-state index contributed by atoms with van der Waals surface area (Å²) in [5, 5.41) is 14.3. The van der Waals surface area contributed by atoms with E-state index < -0.39 is 0 Å². The summed E-state index contributed by atoms with van der Waals surface area (Å²) in [4.78, 5) is 5.05. The molecule has 0 radical (unpaired) electrons. The molecule has 2 heterocycles. The molecule has 204 valence electrons. The second-order valence-electron chi connectivity index (χ2n) is 10.6. The van der Waals surface area contributed by atoms with E-state index in [0.717, 1.165) is 72.5 Å². The zero-order chi connectivity index (χ0) is 28.8. The number of aromatic nitrogens is 3. The van der Waals surface area contributed by atoms with Crippen molar-refractivity contribution in [3.05, 3.63) is 151 Å². The Hall–Kier alpha value is -5.94. The van der Waals surface area contributed by atoms with Gasteiger partial charge < -0.3 is 15.3 Å². The average Bonchev–Trinajstić information content (AvgIpc) is 3.62. The highest BCUT2D eigenvalue weighted by atomic mass is 15.1. The number of imidazole rings is 1. The van der Waals surface area contributed by atoms with E-state index in [4.69, 9.17) is 10.4 Å². The van der Waals surface area contributed by atoms with Crippen LogP contribution in [0.15, 0.2) is 146 Å². The lowest BCUT2D eigenvalue weighted by atomic mass is 10.1. The monoisotopic (exact) mass is 553 g/mol. The zero-order valence-corrected chi connectivity index (χ0v) is 23.3. The molecule has 0 fully saturated rings. The number of para-hydroxylation sites is 5. The standard InChI is InChI=1S/C38H27N5/c39-25-32-33(40-27-11-3-1-4-12-27)24-23-31-30-15-7-9-17-35(30)42(37(31)32)29-21-19-26(20-22-29)38-41-34-16-8-10-18-36(34)43(38)28-13-5-2-6-14-28/h1-25,39-40H. The molecule has 0 saturated heterocycles. The lowest BCUT2D eigenvalue weighted by molar-refractivity contribution is 1.10. The molecule has 0 aliphatic heterocycles. The van der Waals surface area contributed by atoms with E-state index in [0.29, 0.717) is 0 Å². The van der Waals surface area contributed by atoms with Crippen LogP contribution in [0.3, 0.4) is 0 Å². The van der Waals surface area contributed by atoms with Crippen molar-refractivity contribution in [3.63, 3.8) is 0 Å². The molecule has 5 heteroatoms. The van der Waals surface area contributed by atoms with E-state index in [-0.39, 0.29) is 0 Å². The van der Waals surface area contributed by atoms with E-state index in [9.17, 15) is 0 Å². The highest BCUT2D eigenvalue weighted by Crippen LogP contribution is 2.38. The Morgan fingerprint density at radius 1 is 0.558 bits per heavy atom. The van der Waals surface area contributed by atoms with Gasteiger partial charge in [0.25, 0.3) is 0 Å². The minimum Gasteiger partial charge on any atom is -0.355 e. The van der Waals surface area contributed by atoms with E-state index in [2.05, 4.69) is 118 Å². The van der Waals surface area contributed by atoms with Gasteiger partial charge in [-0.3, -0.25) is 4.57 Å². The van der Waals surface area contributed by atoms with Crippen molar-refractivity contribution in [2.75, 3.05) is 5.32 Å². The van der Waals surface area contributed by atoms with Crippen molar-refractivity contribution in [1.29, 1.82) is 5.41 Å². The first-order chi connectivity index (χ1) is 21.3. The molecule has 0 aliphatic rings. The Kier molecular flexibility index (Phi) is 5.86. The first kappa shape index (κ1) is 24.8. The first-order valence-electron chi connectivity index (χ1n) is 14.3. The second-order valence-corrected chi connectivity index (χ2v) is 10.6. The Morgan fingerprint density at radius 2 is 1.21 bits per heavy atom. The third-order valence-electron chi connectivity index (χ3n) is 8.03. The molecular weight excluding hydrogens is 526 g/mol. The second kappa shape index (κ2) is 10.2. The summed E-state index contributed by atoms with van der Waals surface area (Å²) in [5.41, 5.74) is 9.98. The molecule has 0 spiro atoms. The molecule has 0 amide bonds. The average molecular weight is 554 g/mol. The van der Waals surface area contributed by atoms with Crippen LogP contribution in [0.4, 0.5) is 11.4 Å². The molecular formula is C38H27N5. The first-order valence-corrected chi connectivity index (χ1v) is 14.3. The lowest BCUT2D eigenvalue weighted by Crippen LogP contribution is -2.01. The molecule has 8 rings (SSSR count). The van der Waals surface area contributed by atoms with Gasteiger partial charge >= 0.3 is 0 Å². The van der Waals surface area contributed by atoms with Gasteiger partial charge in [0.15, 0.2) is 0 Å². The van der Waals surface area contributed by atoms with Crippen LogP contribution in [0.2, 0.25) is 0 Å². The normalized spacial score (nSPS) is 11.3. The maximum absolute atomic E-state index is 8.48. The minimum absolute atomic E-state index is 0.840. The van der Waals surface area contributed by atoms with Gasteiger partial charge in [-0.25, -0.2) is 4.98 Å². The van der Waals surface area contributed by atoms with Crippen LogP contribution in [0.1, 0.15) is 5.56 Å². The summed E-state index contributed by atoms with van der Waals surface area (Å²) in [6, 6.07) is 50.0. The number of nitrogens with zero attached hydrogens (tertiary/aromatic N) is 3. The van der Waals surface area contributed by atoms with Crippen LogP contribution in [-0.2, 0) is 0 Å². The molecule has 2 aromatic heterocycles. The minimum atomic E-state index is 0.840. The van der Waals surface area contributed by atoms with Crippen LogP contribution in [0.5, 0.6) is 0 Å². The number of benzene rings is 6. The van der Waals surface area contributed by atoms with Crippen molar-refractivity contribution in [2.45, 2.75) is 0 Å². The van der Waals surface area contributed by atoms with Crippen molar-refractivity contribution in [3.8, 4) is 22.8 Å². The molecule has 0 atom stereocenters. The molecule has 0 saturated carbocycles. The van der Waals surface area contributed by atoms with E-state index in [1.165, 1.54) is 6.21 Å². The SMILES string of the molecule is N=Cc1c(Nc2ccccc2)ccc2c3ccccc3n(-c3ccc(-c4nc5ccccc5n4-c4ccccc4)cc3)c12. The molecule has 0 unspecified atom stereocenters. The highest BCUT2D eigenvalue weighted by molar-refractivity contribution is 6.16. The molecule has 43 heavy (non-hydrogen) atoms. The summed E-state index contributed by atoms with van der Waals surface area (Å²) in [5.74, 6) is 0.899. The number of fused-ring (bicyclic) bond motifs is 4. The van der Waals surface area contributed by atoms with Gasteiger partial charge in [-0.05, 0) is 72.8 Å². The van der Waals surface area contributed by atoms with Gasteiger partial charge in [0, 0.05) is 50.9 Å². The summed E-state index contributed by atoms with van der Waals surface area (Å²) in [6.45, 7) is 0. The van der Waals surface area contributed by atoms with Crippen molar-refractivity contribution < 1.29 is 0 Å². The smallest absolute Gasteiger partial charge is 0.145 e. The number of rotatable bonds is 6. The van der Waals surface area contributed by atoms with Gasteiger partial charge in [-0.15, -0.1) is 0 Å². The third kappa shape index (κ3) is 4.10. The lowest BCUT2D eigenvalue weighted by Gasteiger charge is -2.15. The predicted molar refractivity (Wildman–Crippen MR) is 178 cm³/mol. The highest BCUT2D eigenvalue weighted by Gasteiger charge is 2.19. The van der Waals surface area contributed by atoms with Crippen molar-refractivity contribution in [2.24, 2.45) is 0 Å². The fourth-order valence-corrected chi connectivity index (χ4v) is 6.10. The molecule has 6 aromatic carbocycles. The Labute approximate surface area is 248 Å². The predicted octanol–water partition coefficient (Wildman–Crippen LogP) is 9.53. The zero-order valence-electron chi connectivity index (χ0n) is 23.3. The third-order valence-corrected chi connectivity index (χ3v) is 8.03. The quantitative estimate of drug-likeness (QED) is 0.201. The number of nitrogens with one attached hydrogen (secondary N) is 2. The summed E-state index contributed by atoms with van der Waals surface area (Å²) in [6.07, 6.45) is 1.46. The van der Waals surface area contributed by atoms with Gasteiger partial charge in [0.05, 0.1) is 22.1 Å². The fourth-order valence-electron chi connectivity index (χ4n) is 6.10. The summed E-state index contributed by atoms with van der Waals surface area (Å²) >= 11 is 0. The van der Waals surface area contributed by atoms with Gasteiger partial charge in [-0.1, -0.05) is 72.8 Å². The molecule has 5 nitrogen and oxygen atoms in total. The van der Waals surface area contributed by atoms with E-state index in [1.807, 2.05) is 42.5 Å². The Bertz CT molecular complexity index is 2260. The van der Waals surface area contributed by atoms with Crippen LogP contribution in [0, 0.1) is 5.41 Å². The number of anilines is 2. The molecule has 2 N–H and O–H groups in total. The fraction of sp³-hybridized carbons (Fsp3) is 0. The summed E-state index contributed by atoms with van der Waals surface area (Å²) < 4.78 is 4.49. The maximum Gasteiger partial charge on any atom is 0.145 e. The summed E-state index contributed by atoms with van der Waals surface area (Å²) in [7, 11) is 0. The maximum atomic E-state index is 8.48. The van der Waals surface area contributed by atoms with Crippen molar-refractivity contribution >= 4 is 50.4 Å². The molecule has 8 aromatic rings. The van der Waals surface area contributed by atoms with Gasteiger partial charge in [0.1, 0.15) is 5.82 Å². The van der Waals surface area contributed by atoms with Gasteiger partial charge in [-0.2, -0.15) is 0 Å². The van der Waals surface area contributed by atoms with Gasteiger partial charge in [0.2, 0.25) is 0 Å². The topological polar surface area (TPSA) is 58.6 Å². The van der Waals surface area contributed by atoms with Crippen molar-refractivity contribution in [1.82, 2.24) is 14.1 Å². The molecule has 0 aliphatic carbocycles. The van der Waals surface area contributed by atoms with E-state index >= 15 is 0 Å². The Balaban J connectivity index is 1.31. The largest absolute Gasteiger partial charge is 0.355 e. The van der Waals surface area contributed by atoms with Crippen LogP contribution in [0.25, 0.3) is 55.6 Å². The van der Waals surface area contributed by atoms with E-state index in [1.54, 1.807) is 0 Å². The molecule has 0 bridgehead atoms. The van der Waals surface area contributed by atoms with Crippen LogP contribution in [-0.4, -0.2) is 20.3 Å².